The number of rotatable bonds is 4. The number of thioether (sulfide) groups is 1. The minimum absolute atomic E-state index is 0.0676. The van der Waals surface area contributed by atoms with E-state index in [0.717, 1.165) is 0 Å². The Labute approximate surface area is 96.5 Å². The molecule has 0 unspecified atom stereocenters. The van der Waals surface area contributed by atoms with E-state index in [1.807, 2.05) is 0 Å². The Morgan fingerprint density at radius 1 is 1.31 bits per heavy atom. The van der Waals surface area contributed by atoms with E-state index in [0.29, 0.717) is 10.5 Å². The molecule has 0 spiro atoms. The van der Waals surface area contributed by atoms with Crippen LogP contribution in [-0.2, 0) is 0 Å². The highest BCUT2D eigenvalue weighted by atomic mass is 32.2. The van der Waals surface area contributed by atoms with Gasteiger partial charge in [0.05, 0.1) is 17.6 Å². The highest BCUT2D eigenvalue weighted by Crippen LogP contribution is 2.22. The van der Waals surface area contributed by atoms with E-state index in [1.54, 1.807) is 24.3 Å². The lowest BCUT2D eigenvalue weighted by molar-refractivity contribution is 0.102. The molecule has 2 aromatic rings. The maximum Gasteiger partial charge on any atom is 0.176 e. The highest BCUT2D eigenvalue weighted by molar-refractivity contribution is 8.00. The van der Waals surface area contributed by atoms with Crippen LogP contribution in [0, 0.1) is 5.82 Å². The SMILES string of the molecule is O=C(CSc1ccccc1F)c1ccoc1. The van der Waals surface area contributed by atoms with E-state index in [4.69, 9.17) is 4.42 Å². The molecule has 2 nitrogen and oxygen atoms in total. The monoisotopic (exact) mass is 236 g/mol. The molecule has 0 aliphatic heterocycles. The maximum atomic E-state index is 13.2. The van der Waals surface area contributed by atoms with E-state index in [1.165, 1.54) is 30.4 Å². The molecule has 0 amide bonds. The Balaban J connectivity index is 1.98. The number of hydrogen-bond donors (Lipinski definition) is 0. The average Bonchev–Trinajstić information content (AvgIpc) is 2.81. The van der Waals surface area contributed by atoms with Crippen molar-refractivity contribution >= 4 is 17.5 Å². The third-order valence-electron chi connectivity index (χ3n) is 2.04. The van der Waals surface area contributed by atoms with Crippen molar-refractivity contribution in [3.05, 3.63) is 54.2 Å². The molecule has 4 heteroatoms. The summed E-state index contributed by atoms with van der Waals surface area (Å²) >= 11 is 1.19. The van der Waals surface area contributed by atoms with Crippen LogP contribution < -0.4 is 0 Å². The molecule has 0 radical (unpaired) electrons. The van der Waals surface area contributed by atoms with Gasteiger partial charge in [0, 0.05) is 4.90 Å². The topological polar surface area (TPSA) is 30.2 Å². The first-order chi connectivity index (χ1) is 7.77. The van der Waals surface area contributed by atoms with Crippen LogP contribution >= 0.6 is 11.8 Å². The third-order valence-corrected chi connectivity index (χ3v) is 3.09. The average molecular weight is 236 g/mol. The molecule has 0 saturated carbocycles. The molecule has 0 atom stereocenters. The second-order valence-corrected chi connectivity index (χ2v) is 4.17. The Morgan fingerprint density at radius 3 is 2.81 bits per heavy atom. The molecule has 0 bridgehead atoms. The maximum absolute atomic E-state index is 13.2. The molecule has 0 N–H and O–H groups in total. The fourth-order valence-corrected chi connectivity index (χ4v) is 2.05. The van der Waals surface area contributed by atoms with Crippen LogP contribution in [0.3, 0.4) is 0 Å². The number of Topliss-reactive ketones (excluding diaryl/α,β-unsaturated/α-hetero) is 1. The lowest BCUT2D eigenvalue weighted by Gasteiger charge is -2.00. The Hall–Kier alpha value is -1.55. The van der Waals surface area contributed by atoms with Gasteiger partial charge in [-0.2, -0.15) is 0 Å². The number of carbonyl (C=O) groups is 1. The minimum Gasteiger partial charge on any atom is -0.472 e. The molecular formula is C12H9FO2S. The van der Waals surface area contributed by atoms with Crippen molar-refractivity contribution in [2.24, 2.45) is 0 Å². The number of hydrogen-bond acceptors (Lipinski definition) is 3. The summed E-state index contributed by atoms with van der Waals surface area (Å²) in [5.41, 5.74) is 0.517. The van der Waals surface area contributed by atoms with Crippen LogP contribution in [0.2, 0.25) is 0 Å². The molecule has 0 saturated heterocycles. The summed E-state index contributed by atoms with van der Waals surface area (Å²) in [6.45, 7) is 0. The summed E-state index contributed by atoms with van der Waals surface area (Å²) in [5.74, 6) is -0.157. The van der Waals surface area contributed by atoms with E-state index in [9.17, 15) is 9.18 Å². The van der Waals surface area contributed by atoms with Crippen LogP contribution in [0.5, 0.6) is 0 Å². The summed E-state index contributed by atoms with van der Waals surface area (Å²) in [5, 5.41) is 0. The zero-order valence-corrected chi connectivity index (χ0v) is 9.17. The Kier molecular flexibility index (Phi) is 3.41. The molecule has 0 aliphatic rings. The van der Waals surface area contributed by atoms with E-state index >= 15 is 0 Å². The molecule has 1 aromatic heterocycles. The fraction of sp³-hybridized carbons (Fsp3) is 0.0833. The van der Waals surface area contributed by atoms with E-state index in [-0.39, 0.29) is 17.4 Å². The summed E-state index contributed by atoms with van der Waals surface area (Å²) in [4.78, 5) is 12.1. The van der Waals surface area contributed by atoms with Crippen molar-refractivity contribution in [2.45, 2.75) is 4.90 Å². The molecule has 0 aliphatic carbocycles. The van der Waals surface area contributed by atoms with Gasteiger partial charge in [-0.15, -0.1) is 11.8 Å². The molecule has 0 fully saturated rings. The van der Waals surface area contributed by atoms with Crippen molar-refractivity contribution in [1.82, 2.24) is 0 Å². The van der Waals surface area contributed by atoms with Gasteiger partial charge in [0.2, 0.25) is 0 Å². The number of carbonyl (C=O) groups excluding carboxylic acids is 1. The van der Waals surface area contributed by atoms with Gasteiger partial charge in [0.1, 0.15) is 12.1 Å². The quantitative estimate of drug-likeness (QED) is 0.602. The lowest BCUT2D eigenvalue weighted by Crippen LogP contribution is -2.00. The number of ketones is 1. The van der Waals surface area contributed by atoms with E-state index < -0.39 is 0 Å². The second-order valence-electron chi connectivity index (χ2n) is 3.15. The molecule has 1 heterocycles. The molecular weight excluding hydrogens is 227 g/mol. The van der Waals surface area contributed by atoms with Crippen LogP contribution in [-0.4, -0.2) is 11.5 Å². The second kappa shape index (κ2) is 4.99. The predicted octanol–water partition coefficient (Wildman–Crippen LogP) is 3.39. The van der Waals surface area contributed by atoms with Crippen molar-refractivity contribution in [1.29, 1.82) is 0 Å². The predicted molar refractivity (Wildman–Crippen MR) is 60.2 cm³/mol. The van der Waals surface area contributed by atoms with Crippen LogP contribution in [0.15, 0.2) is 52.2 Å². The number of halogens is 1. The van der Waals surface area contributed by atoms with Gasteiger partial charge in [0.25, 0.3) is 0 Å². The smallest absolute Gasteiger partial charge is 0.176 e. The van der Waals surface area contributed by atoms with E-state index in [2.05, 4.69) is 0 Å². The van der Waals surface area contributed by atoms with Crippen molar-refractivity contribution in [3.8, 4) is 0 Å². The van der Waals surface area contributed by atoms with Crippen LogP contribution in [0.25, 0.3) is 0 Å². The lowest BCUT2D eigenvalue weighted by atomic mass is 10.2. The molecule has 1 aromatic carbocycles. The van der Waals surface area contributed by atoms with Crippen molar-refractivity contribution < 1.29 is 13.6 Å². The Morgan fingerprint density at radius 2 is 2.12 bits per heavy atom. The van der Waals surface area contributed by atoms with Gasteiger partial charge in [0.15, 0.2) is 5.78 Å². The highest BCUT2D eigenvalue weighted by Gasteiger charge is 2.09. The van der Waals surface area contributed by atoms with Gasteiger partial charge >= 0.3 is 0 Å². The third kappa shape index (κ3) is 2.52. The van der Waals surface area contributed by atoms with Gasteiger partial charge in [-0.05, 0) is 18.2 Å². The summed E-state index contributed by atoms with van der Waals surface area (Å²) in [6, 6.07) is 8.00. The first kappa shape index (κ1) is 11.0. The van der Waals surface area contributed by atoms with Gasteiger partial charge < -0.3 is 4.42 Å². The van der Waals surface area contributed by atoms with Crippen molar-refractivity contribution in [2.75, 3.05) is 5.75 Å². The van der Waals surface area contributed by atoms with Gasteiger partial charge in [-0.3, -0.25) is 4.79 Å². The summed E-state index contributed by atoms with van der Waals surface area (Å²) in [7, 11) is 0. The standard InChI is InChI=1S/C12H9FO2S/c13-10-3-1-2-4-12(10)16-8-11(14)9-5-6-15-7-9/h1-7H,8H2. The zero-order valence-electron chi connectivity index (χ0n) is 8.35. The zero-order chi connectivity index (χ0) is 11.4. The van der Waals surface area contributed by atoms with Gasteiger partial charge in [-0.25, -0.2) is 4.39 Å². The Bertz CT molecular complexity index is 480. The largest absolute Gasteiger partial charge is 0.472 e. The summed E-state index contributed by atoms with van der Waals surface area (Å²) in [6.07, 6.45) is 2.84. The molecule has 82 valence electrons. The normalized spacial score (nSPS) is 10.3. The van der Waals surface area contributed by atoms with Crippen LogP contribution in [0.1, 0.15) is 10.4 Å². The first-order valence-corrected chi connectivity index (χ1v) is 5.68. The van der Waals surface area contributed by atoms with Gasteiger partial charge in [-0.1, -0.05) is 12.1 Å². The van der Waals surface area contributed by atoms with Crippen LogP contribution in [0.4, 0.5) is 4.39 Å². The fourth-order valence-electron chi connectivity index (χ4n) is 1.21. The summed E-state index contributed by atoms with van der Waals surface area (Å²) < 4.78 is 18.0. The number of furan rings is 1. The molecule has 2 rings (SSSR count). The number of benzene rings is 1. The molecule has 16 heavy (non-hydrogen) atoms. The van der Waals surface area contributed by atoms with Crippen molar-refractivity contribution in [3.63, 3.8) is 0 Å². The first-order valence-electron chi connectivity index (χ1n) is 4.70. The minimum atomic E-state index is -0.299.